The Balaban J connectivity index is 1.58. The number of pyridine rings is 1. The molecule has 2 aromatic heterocycles. The summed E-state index contributed by atoms with van der Waals surface area (Å²) in [5, 5.41) is 1.24. The molecule has 0 saturated carbocycles. The number of anilines is 1. The lowest BCUT2D eigenvalue weighted by Gasteiger charge is -2.35. The van der Waals surface area contributed by atoms with E-state index in [0.717, 1.165) is 31.7 Å². The van der Waals surface area contributed by atoms with E-state index in [9.17, 15) is 0 Å². The third-order valence-corrected chi connectivity index (χ3v) is 5.29. The first-order valence-corrected chi connectivity index (χ1v) is 9.47. The molecule has 0 aliphatic carbocycles. The van der Waals surface area contributed by atoms with Gasteiger partial charge < -0.3 is 14.4 Å². The highest BCUT2D eigenvalue weighted by Crippen LogP contribution is 2.32. The standard InChI is InChI=1S/C21H27N5/c1-24(2)14-15-25-13-11-23-21(25)17-6-5-12-26(16-17)20-9-10-22-19-8-4-3-7-18(19)20/h3-4,7-11,13,17H,5-6,12,14-16H2,1-2H3. The number of fused-ring (bicyclic) bond motifs is 1. The maximum absolute atomic E-state index is 4.71. The Morgan fingerprint density at radius 2 is 2.00 bits per heavy atom. The van der Waals surface area contributed by atoms with Crippen LogP contribution in [0.2, 0.25) is 0 Å². The number of hydrogen-bond donors (Lipinski definition) is 0. The number of rotatable bonds is 5. The number of nitrogens with zero attached hydrogens (tertiary/aromatic N) is 5. The van der Waals surface area contributed by atoms with Gasteiger partial charge in [0.05, 0.1) is 5.52 Å². The minimum absolute atomic E-state index is 0.479. The van der Waals surface area contributed by atoms with Crippen LogP contribution in [0.4, 0.5) is 5.69 Å². The van der Waals surface area contributed by atoms with Gasteiger partial charge in [-0.25, -0.2) is 4.98 Å². The van der Waals surface area contributed by atoms with Gasteiger partial charge in [0.15, 0.2) is 0 Å². The monoisotopic (exact) mass is 349 g/mol. The van der Waals surface area contributed by atoms with Crippen molar-refractivity contribution in [1.82, 2.24) is 19.4 Å². The highest BCUT2D eigenvalue weighted by molar-refractivity contribution is 5.91. The summed E-state index contributed by atoms with van der Waals surface area (Å²) in [5.74, 6) is 1.71. The predicted octanol–water partition coefficient (Wildman–Crippen LogP) is 3.38. The van der Waals surface area contributed by atoms with E-state index in [1.165, 1.54) is 29.7 Å². The van der Waals surface area contributed by atoms with Gasteiger partial charge in [0.2, 0.25) is 0 Å². The van der Waals surface area contributed by atoms with Crippen molar-refractivity contribution < 1.29 is 0 Å². The zero-order chi connectivity index (χ0) is 17.9. The van der Waals surface area contributed by atoms with Crippen LogP contribution >= 0.6 is 0 Å². The number of likely N-dealkylation sites (N-methyl/N-ethyl adjacent to an activating group) is 1. The van der Waals surface area contributed by atoms with E-state index in [-0.39, 0.29) is 0 Å². The first kappa shape index (κ1) is 17.0. The quantitative estimate of drug-likeness (QED) is 0.708. The van der Waals surface area contributed by atoms with Crippen LogP contribution < -0.4 is 4.90 Å². The van der Waals surface area contributed by atoms with E-state index in [2.05, 4.69) is 70.0 Å². The number of piperidine rings is 1. The molecule has 1 saturated heterocycles. The van der Waals surface area contributed by atoms with E-state index in [1.807, 2.05) is 12.4 Å². The number of imidazole rings is 1. The summed E-state index contributed by atoms with van der Waals surface area (Å²) < 4.78 is 2.33. The molecule has 1 aliphatic rings. The highest BCUT2D eigenvalue weighted by Gasteiger charge is 2.25. The van der Waals surface area contributed by atoms with E-state index in [1.54, 1.807) is 0 Å². The average molecular weight is 349 g/mol. The maximum atomic E-state index is 4.71. The predicted molar refractivity (Wildman–Crippen MR) is 107 cm³/mol. The topological polar surface area (TPSA) is 37.2 Å². The van der Waals surface area contributed by atoms with Crippen LogP contribution in [0, 0.1) is 0 Å². The molecule has 0 N–H and O–H groups in total. The second-order valence-corrected chi connectivity index (χ2v) is 7.41. The molecular weight excluding hydrogens is 322 g/mol. The minimum Gasteiger partial charge on any atom is -0.370 e. The normalized spacial score (nSPS) is 18.0. The van der Waals surface area contributed by atoms with Crippen molar-refractivity contribution >= 4 is 16.6 Å². The molecule has 1 aromatic carbocycles. The molecule has 0 amide bonds. The Hall–Kier alpha value is -2.40. The van der Waals surface area contributed by atoms with Crippen LogP contribution in [0.25, 0.3) is 10.9 Å². The summed E-state index contributed by atoms with van der Waals surface area (Å²) in [7, 11) is 4.24. The lowest BCUT2D eigenvalue weighted by Crippen LogP contribution is -2.35. The lowest BCUT2D eigenvalue weighted by molar-refractivity contribution is 0.373. The van der Waals surface area contributed by atoms with Gasteiger partial charge in [0, 0.05) is 61.8 Å². The maximum Gasteiger partial charge on any atom is 0.113 e. The molecule has 4 rings (SSSR count). The summed E-state index contributed by atoms with van der Waals surface area (Å²) in [6.07, 6.45) is 8.41. The molecule has 1 aliphatic heterocycles. The van der Waals surface area contributed by atoms with Gasteiger partial charge >= 0.3 is 0 Å². The summed E-state index contributed by atoms with van der Waals surface area (Å²) in [6.45, 7) is 4.15. The molecule has 1 atom stereocenters. The third kappa shape index (κ3) is 3.44. The van der Waals surface area contributed by atoms with E-state index in [0.29, 0.717) is 5.92 Å². The molecule has 1 fully saturated rings. The molecule has 5 nitrogen and oxygen atoms in total. The van der Waals surface area contributed by atoms with Gasteiger partial charge in [-0.2, -0.15) is 0 Å². The number of benzene rings is 1. The molecule has 26 heavy (non-hydrogen) atoms. The van der Waals surface area contributed by atoms with Crippen molar-refractivity contribution in [2.45, 2.75) is 25.3 Å². The van der Waals surface area contributed by atoms with Crippen LogP contribution in [0.1, 0.15) is 24.6 Å². The van der Waals surface area contributed by atoms with Crippen LogP contribution in [-0.4, -0.2) is 53.2 Å². The van der Waals surface area contributed by atoms with Gasteiger partial charge in [-0.3, -0.25) is 4.98 Å². The van der Waals surface area contributed by atoms with Crippen molar-refractivity contribution in [3.63, 3.8) is 0 Å². The summed E-state index contributed by atoms with van der Waals surface area (Å²) in [6, 6.07) is 10.6. The second-order valence-electron chi connectivity index (χ2n) is 7.41. The fraction of sp³-hybridized carbons (Fsp3) is 0.429. The molecular formula is C21H27N5. The highest BCUT2D eigenvalue weighted by atomic mass is 15.2. The molecule has 0 spiro atoms. The number of hydrogen-bond acceptors (Lipinski definition) is 4. The van der Waals surface area contributed by atoms with Crippen LogP contribution in [0.5, 0.6) is 0 Å². The average Bonchev–Trinajstić information content (AvgIpc) is 3.15. The minimum atomic E-state index is 0.479. The van der Waals surface area contributed by atoms with Crippen molar-refractivity contribution in [3.8, 4) is 0 Å². The van der Waals surface area contributed by atoms with Crippen LogP contribution in [-0.2, 0) is 6.54 Å². The Morgan fingerprint density at radius 1 is 1.12 bits per heavy atom. The Kier molecular flexibility index (Phi) is 4.89. The van der Waals surface area contributed by atoms with Crippen molar-refractivity contribution in [2.75, 3.05) is 38.6 Å². The Labute approximate surface area is 155 Å². The summed E-state index contributed by atoms with van der Waals surface area (Å²) >= 11 is 0. The molecule has 0 bridgehead atoms. The van der Waals surface area contributed by atoms with Crippen molar-refractivity contribution in [3.05, 3.63) is 54.7 Å². The first-order chi connectivity index (χ1) is 12.7. The fourth-order valence-electron chi connectivity index (χ4n) is 3.94. The zero-order valence-electron chi connectivity index (χ0n) is 15.7. The van der Waals surface area contributed by atoms with Crippen LogP contribution in [0.3, 0.4) is 0 Å². The van der Waals surface area contributed by atoms with E-state index < -0.39 is 0 Å². The largest absolute Gasteiger partial charge is 0.370 e. The summed E-state index contributed by atoms with van der Waals surface area (Å²) in [5.41, 5.74) is 2.37. The van der Waals surface area contributed by atoms with Crippen molar-refractivity contribution in [1.29, 1.82) is 0 Å². The van der Waals surface area contributed by atoms with Gasteiger partial charge in [-0.1, -0.05) is 18.2 Å². The SMILES string of the molecule is CN(C)CCn1ccnc1C1CCCN(c2ccnc3ccccc23)C1. The van der Waals surface area contributed by atoms with Gasteiger partial charge in [-0.15, -0.1) is 0 Å². The van der Waals surface area contributed by atoms with E-state index in [4.69, 9.17) is 4.98 Å². The smallest absolute Gasteiger partial charge is 0.113 e. The molecule has 1 unspecified atom stereocenters. The third-order valence-electron chi connectivity index (χ3n) is 5.29. The van der Waals surface area contributed by atoms with E-state index >= 15 is 0 Å². The van der Waals surface area contributed by atoms with Crippen molar-refractivity contribution in [2.24, 2.45) is 0 Å². The number of para-hydroxylation sites is 1. The molecule has 136 valence electrons. The van der Waals surface area contributed by atoms with Gasteiger partial charge in [0.25, 0.3) is 0 Å². The lowest BCUT2D eigenvalue weighted by atomic mass is 9.96. The first-order valence-electron chi connectivity index (χ1n) is 9.47. The molecule has 3 aromatic rings. The fourth-order valence-corrected chi connectivity index (χ4v) is 3.94. The molecule has 5 heteroatoms. The Bertz CT molecular complexity index is 864. The van der Waals surface area contributed by atoms with Crippen LogP contribution in [0.15, 0.2) is 48.9 Å². The molecule has 0 radical (unpaired) electrons. The molecule has 3 heterocycles. The Morgan fingerprint density at radius 3 is 2.88 bits per heavy atom. The van der Waals surface area contributed by atoms with Gasteiger partial charge in [-0.05, 0) is 39.1 Å². The van der Waals surface area contributed by atoms with Gasteiger partial charge in [0.1, 0.15) is 5.82 Å². The summed E-state index contributed by atoms with van der Waals surface area (Å²) in [4.78, 5) is 14.0. The number of aromatic nitrogens is 3. The second kappa shape index (κ2) is 7.46. The zero-order valence-corrected chi connectivity index (χ0v) is 15.7.